The Bertz CT molecular complexity index is 702. The second-order valence-electron chi connectivity index (χ2n) is 6.72. The second-order valence-corrected chi connectivity index (χ2v) is 6.72. The summed E-state index contributed by atoms with van der Waals surface area (Å²) in [6.07, 6.45) is 10.7. The molecule has 0 radical (unpaired) electrons. The molecule has 6 nitrogen and oxygen atoms in total. The van der Waals surface area contributed by atoms with Gasteiger partial charge in [0.2, 0.25) is 5.91 Å². The quantitative estimate of drug-likeness (QED) is 0.801. The van der Waals surface area contributed by atoms with Gasteiger partial charge in [-0.15, -0.1) is 0 Å². The molecule has 2 aliphatic rings. The van der Waals surface area contributed by atoms with E-state index in [1.54, 1.807) is 0 Å². The van der Waals surface area contributed by atoms with Crippen molar-refractivity contribution in [2.24, 2.45) is 0 Å². The maximum atomic E-state index is 12.2. The molecule has 0 fully saturated rings. The zero-order valence-corrected chi connectivity index (χ0v) is 13.3. The lowest BCUT2D eigenvalue weighted by molar-refractivity contribution is -0.121. The van der Waals surface area contributed by atoms with Gasteiger partial charge in [0, 0.05) is 36.7 Å². The summed E-state index contributed by atoms with van der Waals surface area (Å²) in [6.45, 7) is 0. The molecule has 6 heteroatoms. The first kappa shape index (κ1) is 14.5. The van der Waals surface area contributed by atoms with Crippen LogP contribution in [0.15, 0.2) is 6.20 Å². The van der Waals surface area contributed by atoms with Crippen molar-refractivity contribution >= 4 is 5.91 Å². The fourth-order valence-corrected chi connectivity index (χ4v) is 3.82. The topological polar surface area (TPSA) is 86.5 Å². The Hall–Kier alpha value is -2.11. The number of nitrogens with zero attached hydrogens (tertiary/aromatic N) is 2. The molecule has 0 unspecified atom stereocenters. The van der Waals surface area contributed by atoms with E-state index in [0.29, 0.717) is 6.42 Å². The van der Waals surface area contributed by atoms with Crippen LogP contribution in [0.3, 0.4) is 0 Å². The SMILES string of the molecule is O=C(CCc1n[nH]c2c1CCCC2)N[C@@H]1CCc2cn[nH]c2C1. The zero-order valence-electron chi connectivity index (χ0n) is 13.3. The number of nitrogens with one attached hydrogen (secondary N) is 3. The number of carbonyl (C=O) groups excluding carboxylic acids is 1. The van der Waals surface area contributed by atoms with Gasteiger partial charge in [0.1, 0.15) is 0 Å². The number of H-pyrrole nitrogens is 2. The first-order valence-corrected chi connectivity index (χ1v) is 8.65. The molecule has 0 spiro atoms. The average molecular weight is 313 g/mol. The van der Waals surface area contributed by atoms with E-state index in [1.165, 1.54) is 35.4 Å². The van der Waals surface area contributed by atoms with Crippen LogP contribution in [0, 0.1) is 0 Å². The molecule has 0 aromatic carbocycles. The predicted octanol–water partition coefficient (Wildman–Crippen LogP) is 1.62. The second kappa shape index (κ2) is 6.18. The molecule has 0 saturated heterocycles. The lowest BCUT2D eigenvalue weighted by Crippen LogP contribution is -2.38. The molecule has 0 saturated carbocycles. The smallest absolute Gasteiger partial charge is 0.220 e. The summed E-state index contributed by atoms with van der Waals surface area (Å²) < 4.78 is 0. The first-order chi connectivity index (χ1) is 11.3. The van der Waals surface area contributed by atoms with E-state index in [2.05, 4.69) is 25.7 Å². The number of aryl methyl sites for hydroxylation is 3. The Balaban J connectivity index is 1.30. The van der Waals surface area contributed by atoms with E-state index in [-0.39, 0.29) is 11.9 Å². The van der Waals surface area contributed by atoms with Gasteiger partial charge in [-0.25, -0.2) is 0 Å². The highest BCUT2D eigenvalue weighted by molar-refractivity contribution is 5.76. The van der Waals surface area contributed by atoms with Crippen molar-refractivity contribution < 1.29 is 4.79 Å². The third-order valence-corrected chi connectivity index (χ3v) is 5.12. The number of fused-ring (bicyclic) bond motifs is 2. The highest BCUT2D eigenvalue weighted by Crippen LogP contribution is 2.23. The Labute approximate surface area is 135 Å². The molecule has 1 atom stereocenters. The standard InChI is InChI=1S/C17H23N5O/c23-17(19-12-6-5-11-10-18-20-16(11)9-12)8-7-15-13-3-1-2-4-14(13)21-22-15/h10,12H,1-9H2,(H,18,20)(H,19,23)(H,21,22)/t12-/m1/s1. The summed E-state index contributed by atoms with van der Waals surface area (Å²) in [4.78, 5) is 12.2. The lowest BCUT2D eigenvalue weighted by Gasteiger charge is -2.22. The van der Waals surface area contributed by atoms with Gasteiger partial charge in [0.25, 0.3) is 0 Å². The molecule has 0 aliphatic heterocycles. The van der Waals surface area contributed by atoms with Crippen molar-refractivity contribution in [3.8, 4) is 0 Å². The van der Waals surface area contributed by atoms with Crippen molar-refractivity contribution in [1.82, 2.24) is 25.7 Å². The minimum Gasteiger partial charge on any atom is -0.353 e. The van der Waals surface area contributed by atoms with E-state index in [1.807, 2.05) is 6.20 Å². The lowest BCUT2D eigenvalue weighted by atomic mass is 9.93. The van der Waals surface area contributed by atoms with Crippen molar-refractivity contribution in [3.05, 3.63) is 34.4 Å². The van der Waals surface area contributed by atoms with Crippen molar-refractivity contribution in [2.75, 3.05) is 0 Å². The van der Waals surface area contributed by atoms with E-state index in [0.717, 1.165) is 44.2 Å². The van der Waals surface area contributed by atoms with E-state index in [9.17, 15) is 4.79 Å². The summed E-state index contributed by atoms with van der Waals surface area (Å²) >= 11 is 0. The number of carbonyl (C=O) groups is 1. The van der Waals surface area contributed by atoms with Gasteiger partial charge >= 0.3 is 0 Å². The van der Waals surface area contributed by atoms with Gasteiger partial charge < -0.3 is 5.32 Å². The van der Waals surface area contributed by atoms with Crippen LogP contribution >= 0.6 is 0 Å². The van der Waals surface area contributed by atoms with Gasteiger partial charge in [-0.05, 0) is 49.7 Å². The highest BCUT2D eigenvalue weighted by atomic mass is 16.1. The Kier molecular flexibility index (Phi) is 3.89. The molecular weight excluding hydrogens is 290 g/mol. The Morgan fingerprint density at radius 1 is 1.22 bits per heavy atom. The molecule has 1 amide bonds. The summed E-state index contributed by atoms with van der Waals surface area (Å²) in [5, 5.41) is 17.8. The number of aromatic nitrogens is 4. The zero-order chi connectivity index (χ0) is 15.6. The van der Waals surface area contributed by atoms with Gasteiger partial charge in [-0.3, -0.25) is 15.0 Å². The van der Waals surface area contributed by atoms with Crippen LogP contribution in [0.1, 0.15) is 53.9 Å². The Morgan fingerprint density at radius 3 is 3.09 bits per heavy atom. The Morgan fingerprint density at radius 2 is 2.13 bits per heavy atom. The number of amides is 1. The van der Waals surface area contributed by atoms with E-state index < -0.39 is 0 Å². The largest absolute Gasteiger partial charge is 0.353 e. The van der Waals surface area contributed by atoms with Crippen LogP contribution < -0.4 is 5.32 Å². The van der Waals surface area contributed by atoms with Crippen LogP contribution in [0.25, 0.3) is 0 Å². The molecule has 2 aromatic heterocycles. The minimum atomic E-state index is 0.130. The predicted molar refractivity (Wildman–Crippen MR) is 86.1 cm³/mol. The van der Waals surface area contributed by atoms with Gasteiger partial charge in [0.15, 0.2) is 0 Å². The molecule has 2 aliphatic carbocycles. The number of hydrogen-bond acceptors (Lipinski definition) is 3. The molecule has 2 heterocycles. The average Bonchev–Trinajstić information content (AvgIpc) is 3.19. The molecule has 0 bridgehead atoms. The van der Waals surface area contributed by atoms with E-state index >= 15 is 0 Å². The molecular formula is C17H23N5O. The first-order valence-electron chi connectivity index (χ1n) is 8.65. The summed E-state index contributed by atoms with van der Waals surface area (Å²) in [7, 11) is 0. The monoisotopic (exact) mass is 313 g/mol. The third-order valence-electron chi connectivity index (χ3n) is 5.12. The fraction of sp³-hybridized carbons (Fsp3) is 0.588. The normalized spacial score (nSPS) is 19.9. The number of hydrogen-bond donors (Lipinski definition) is 3. The minimum absolute atomic E-state index is 0.130. The summed E-state index contributed by atoms with van der Waals surface area (Å²) in [5.41, 5.74) is 6.20. The van der Waals surface area contributed by atoms with Gasteiger partial charge in [-0.2, -0.15) is 10.2 Å². The van der Waals surface area contributed by atoms with Crippen LogP contribution in [0.5, 0.6) is 0 Å². The van der Waals surface area contributed by atoms with Crippen molar-refractivity contribution in [1.29, 1.82) is 0 Å². The van der Waals surface area contributed by atoms with Crippen LogP contribution in [0.2, 0.25) is 0 Å². The molecule has 122 valence electrons. The number of aromatic amines is 2. The van der Waals surface area contributed by atoms with Crippen LogP contribution in [-0.2, 0) is 36.9 Å². The van der Waals surface area contributed by atoms with Crippen LogP contribution in [-0.4, -0.2) is 32.3 Å². The fourth-order valence-electron chi connectivity index (χ4n) is 3.82. The van der Waals surface area contributed by atoms with Crippen molar-refractivity contribution in [3.63, 3.8) is 0 Å². The molecule has 23 heavy (non-hydrogen) atoms. The maximum absolute atomic E-state index is 12.2. The third kappa shape index (κ3) is 3.02. The van der Waals surface area contributed by atoms with Gasteiger partial charge in [0.05, 0.1) is 11.9 Å². The number of rotatable bonds is 4. The highest BCUT2D eigenvalue weighted by Gasteiger charge is 2.22. The van der Waals surface area contributed by atoms with Gasteiger partial charge in [-0.1, -0.05) is 0 Å². The van der Waals surface area contributed by atoms with E-state index in [4.69, 9.17) is 0 Å². The molecule has 2 aromatic rings. The van der Waals surface area contributed by atoms with Crippen molar-refractivity contribution in [2.45, 2.75) is 63.8 Å². The summed E-state index contributed by atoms with van der Waals surface area (Å²) in [5.74, 6) is 0.130. The maximum Gasteiger partial charge on any atom is 0.220 e. The van der Waals surface area contributed by atoms with Crippen LogP contribution in [0.4, 0.5) is 0 Å². The molecule has 4 rings (SSSR count). The molecule has 3 N–H and O–H groups in total. The summed E-state index contributed by atoms with van der Waals surface area (Å²) in [6, 6.07) is 0.226.